The minimum atomic E-state index is -1.09. The normalized spacial score (nSPS) is 15.5. The van der Waals surface area contributed by atoms with Gasteiger partial charge in [0.05, 0.1) is 34.5 Å². The van der Waals surface area contributed by atoms with Crippen molar-refractivity contribution < 1.29 is 32.6 Å². The molecule has 10 nitrogen and oxygen atoms in total. The molecule has 1 aromatic heterocycles. The van der Waals surface area contributed by atoms with Gasteiger partial charge in [0, 0.05) is 48.2 Å². The van der Waals surface area contributed by atoms with Crippen LogP contribution in [0.4, 0.5) is 14.5 Å². The lowest BCUT2D eigenvalue weighted by Gasteiger charge is -2.33. The lowest BCUT2D eigenvalue weighted by Crippen LogP contribution is -2.45. The summed E-state index contributed by atoms with van der Waals surface area (Å²) in [6, 6.07) is 11.5. The van der Waals surface area contributed by atoms with Crippen LogP contribution < -0.4 is 15.4 Å². The number of nitrogens with two attached hydrogens (primary N) is 1. The maximum Gasteiger partial charge on any atom is 0.306 e. The van der Waals surface area contributed by atoms with Crippen molar-refractivity contribution in [1.29, 1.82) is 5.26 Å². The molecular weight excluding hydrogens is 640 g/mol. The highest BCUT2D eigenvalue weighted by atomic mass is 32.2. The van der Waals surface area contributed by atoms with Gasteiger partial charge in [0.25, 0.3) is 5.91 Å². The molecule has 1 fully saturated rings. The Labute approximate surface area is 282 Å². The van der Waals surface area contributed by atoms with Crippen molar-refractivity contribution in [3.8, 4) is 11.8 Å². The lowest BCUT2D eigenvalue weighted by molar-refractivity contribution is -0.155. The lowest BCUT2D eigenvalue weighted by atomic mass is 10.1. The van der Waals surface area contributed by atoms with Crippen LogP contribution in [0.25, 0.3) is 0 Å². The SMILES string of the molecule is CC(C)(C)OC(=O)CCC(C(N)=O)N1Cc2c(OCc3ccc(SC4CCN(c5ccc(C#N)cc5F)CC4)nc3)cc(F)cc2C1=O. The molecular formula is C35H37F2N5O5S. The van der Waals surface area contributed by atoms with Crippen molar-refractivity contribution in [3.63, 3.8) is 0 Å². The van der Waals surface area contributed by atoms with E-state index in [2.05, 4.69) is 4.98 Å². The number of anilines is 1. The van der Waals surface area contributed by atoms with Gasteiger partial charge in [-0.2, -0.15) is 5.26 Å². The van der Waals surface area contributed by atoms with Crippen molar-refractivity contribution in [3.05, 3.63) is 82.5 Å². The standard InChI is InChI=1S/C35H37F2N5O5S/c1-35(2,3)47-32(43)9-7-29(33(39)44)42-19-26-25(34(42)45)15-23(36)16-30(26)46-20-22-5-8-31(40-18-22)48-24-10-12-41(13-11-24)28-6-4-21(17-38)14-27(28)37/h4-6,8,14-16,18,24,29H,7,9-13,19-20H2,1-3H3,(H2,39,44). The molecule has 0 saturated carbocycles. The van der Waals surface area contributed by atoms with Gasteiger partial charge < -0.3 is 25.0 Å². The number of hydrogen-bond donors (Lipinski definition) is 1. The fraction of sp³-hybridized carbons (Fsp3) is 0.400. The molecule has 13 heteroatoms. The molecule has 2 aliphatic heterocycles. The average molecular weight is 678 g/mol. The van der Waals surface area contributed by atoms with E-state index in [-0.39, 0.29) is 37.3 Å². The van der Waals surface area contributed by atoms with E-state index in [9.17, 15) is 23.2 Å². The van der Waals surface area contributed by atoms with Crippen LogP contribution in [-0.2, 0) is 27.5 Å². The third-order valence-corrected chi connectivity index (χ3v) is 9.37. The summed E-state index contributed by atoms with van der Waals surface area (Å²) in [6.07, 6.45) is 3.21. The number of benzene rings is 2. The van der Waals surface area contributed by atoms with Crippen molar-refractivity contribution in [1.82, 2.24) is 9.88 Å². The summed E-state index contributed by atoms with van der Waals surface area (Å²) in [5, 5.41) is 10.1. The van der Waals surface area contributed by atoms with E-state index in [0.717, 1.165) is 29.5 Å². The second-order valence-electron chi connectivity index (χ2n) is 12.8. The van der Waals surface area contributed by atoms with Crippen molar-refractivity contribution >= 4 is 35.2 Å². The summed E-state index contributed by atoms with van der Waals surface area (Å²) < 4.78 is 40.4. The van der Waals surface area contributed by atoms with E-state index in [1.165, 1.54) is 17.0 Å². The molecule has 252 valence electrons. The minimum Gasteiger partial charge on any atom is -0.488 e. The van der Waals surface area contributed by atoms with Gasteiger partial charge in [-0.1, -0.05) is 6.07 Å². The second-order valence-corrected chi connectivity index (χ2v) is 14.1. The van der Waals surface area contributed by atoms with E-state index in [0.29, 0.717) is 35.2 Å². The molecule has 48 heavy (non-hydrogen) atoms. The Morgan fingerprint density at radius 1 is 1.15 bits per heavy atom. The van der Waals surface area contributed by atoms with Crippen LogP contribution >= 0.6 is 11.8 Å². The molecule has 0 aliphatic carbocycles. The van der Waals surface area contributed by atoms with E-state index in [1.807, 2.05) is 23.1 Å². The first-order valence-electron chi connectivity index (χ1n) is 15.6. The van der Waals surface area contributed by atoms with Gasteiger partial charge in [-0.15, -0.1) is 11.8 Å². The number of carbonyl (C=O) groups excluding carboxylic acids is 3. The first-order valence-corrected chi connectivity index (χ1v) is 16.5. The Kier molecular flexibility index (Phi) is 10.5. The summed E-state index contributed by atoms with van der Waals surface area (Å²) >= 11 is 1.65. The number of aromatic nitrogens is 1. The Morgan fingerprint density at radius 2 is 1.90 bits per heavy atom. The van der Waals surface area contributed by atoms with Crippen molar-refractivity contribution in [2.75, 3.05) is 18.0 Å². The van der Waals surface area contributed by atoms with Crippen LogP contribution in [-0.4, -0.2) is 57.6 Å². The van der Waals surface area contributed by atoms with Crippen LogP contribution in [0, 0.1) is 23.0 Å². The number of piperidine rings is 1. The zero-order valence-electron chi connectivity index (χ0n) is 27.0. The van der Waals surface area contributed by atoms with Crippen LogP contribution in [0.5, 0.6) is 5.75 Å². The van der Waals surface area contributed by atoms with Crippen LogP contribution in [0.15, 0.2) is 53.7 Å². The van der Waals surface area contributed by atoms with Crippen molar-refractivity contribution in [2.24, 2.45) is 5.73 Å². The van der Waals surface area contributed by atoms with E-state index >= 15 is 0 Å². The molecule has 2 aliphatic rings. The van der Waals surface area contributed by atoms with E-state index in [1.54, 1.807) is 50.9 Å². The molecule has 1 atom stereocenters. The van der Waals surface area contributed by atoms with E-state index < -0.39 is 41.1 Å². The molecule has 0 bridgehead atoms. The molecule has 1 unspecified atom stereocenters. The number of nitriles is 1. The van der Waals surface area contributed by atoms with Gasteiger partial charge in [-0.3, -0.25) is 14.4 Å². The topological polar surface area (TPSA) is 139 Å². The summed E-state index contributed by atoms with van der Waals surface area (Å²) in [4.78, 5) is 45.7. The van der Waals surface area contributed by atoms with E-state index in [4.69, 9.17) is 20.5 Å². The van der Waals surface area contributed by atoms with Crippen LogP contribution in [0.1, 0.15) is 73.5 Å². The molecule has 3 heterocycles. The Morgan fingerprint density at radius 3 is 2.52 bits per heavy atom. The summed E-state index contributed by atoms with van der Waals surface area (Å²) in [5.41, 5.74) is 6.96. The highest BCUT2D eigenvalue weighted by Gasteiger charge is 2.38. The molecule has 0 radical (unpaired) electrons. The summed E-state index contributed by atoms with van der Waals surface area (Å²) in [7, 11) is 0. The quantitative estimate of drug-likeness (QED) is 0.261. The highest BCUT2D eigenvalue weighted by molar-refractivity contribution is 7.99. The predicted molar refractivity (Wildman–Crippen MR) is 175 cm³/mol. The number of fused-ring (bicyclic) bond motifs is 1. The second kappa shape index (κ2) is 14.6. The number of carbonyl (C=O) groups is 3. The summed E-state index contributed by atoms with van der Waals surface area (Å²) in [6.45, 7) is 6.60. The predicted octanol–water partition coefficient (Wildman–Crippen LogP) is 5.50. The number of primary amides is 1. The van der Waals surface area contributed by atoms with Crippen molar-refractivity contribution in [2.45, 2.75) is 81.5 Å². The Balaban J connectivity index is 1.16. The van der Waals surface area contributed by atoms with Gasteiger partial charge in [-0.25, -0.2) is 13.8 Å². The molecule has 1 saturated heterocycles. The molecule has 0 spiro atoms. The summed E-state index contributed by atoms with van der Waals surface area (Å²) in [5.74, 6) is -2.76. The average Bonchev–Trinajstić information content (AvgIpc) is 3.35. The fourth-order valence-corrected chi connectivity index (χ4v) is 6.84. The number of pyridine rings is 1. The number of esters is 1. The molecule has 3 aromatic rings. The largest absolute Gasteiger partial charge is 0.488 e. The number of hydrogen-bond acceptors (Lipinski definition) is 9. The maximum atomic E-state index is 14.6. The van der Waals surface area contributed by atoms with Gasteiger partial charge in [-0.05, 0) is 70.4 Å². The van der Waals surface area contributed by atoms with Crippen LogP contribution in [0.2, 0.25) is 0 Å². The third-order valence-electron chi connectivity index (χ3n) is 8.08. The molecule has 2 N–H and O–H groups in total. The third kappa shape index (κ3) is 8.41. The smallest absolute Gasteiger partial charge is 0.306 e. The van der Waals surface area contributed by atoms with Crippen LogP contribution in [0.3, 0.4) is 0 Å². The zero-order valence-corrected chi connectivity index (χ0v) is 27.8. The number of halogens is 2. The van der Waals surface area contributed by atoms with Gasteiger partial charge in [0.2, 0.25) is 5.91 Å². The molecule has 2 aromatic carbocycles. The Hall–Kier alpha value is -4.70. The fourth-order valence-electron chi connectivity index (χ4n) is 5.79. The number of rotatable bonds is 11. The number of nitrogens with zero attached hydrogens (tertiary/aromatic N) is 4. The zero-order chi connectivity index (χ0) is 34.6. The first kappa shape index (κ1) is 34.6. The highest BCUT2D eigenvalue weighted by Crippen LogP contribution is 2.35. The number of thioether (sulfide) groups is 1. The first-order chi connectivity index (χ1) is 22.8. The van der Waals surface area contributed by atoms with Gasteiger partial charge >= 0.3 is 5.97 Å². The number of amides is 2. The monoisotopic (exact) mass is 677 g/mol. The van der Waals surface area contributed by atoms with Gasteiger partial charge in [0.1, 0.15) is 35.6 Å². The minimum absolute atomic E-state index is 0.0316. The molecule has 2 amide bonds. The molecule has 5 rings (SSSR count). The maximum absolute atomic E-state index is 14.6. The number of ether oxygens (including phenoxy) is 2. The Bertz CT molecular complexity index is 1730. The van der Waals surface area contributed by atoms with Gasteiger partial charge in [0.15, 0.2) is 0 Å².